The van der Waals surface area contributed by atoms with E-state index in [2.05, 4.69) is 26.2 Å². The number of hydrogen-bond donors (Lipinski definition) is 2. The van der Waals surface area contributed by atoms with Gasteiger partial charge in [-0.1, -0.05) is 6.07 Å². The van der Waals surface area contributed by atoms with Gasteiger partial charge in [0.25, 0.3) is 0 Å². The minimum absolute atomic E-state index is 0. The summed E-state index contributed by atoms with van der Waals surface area (Å²) < 4.78 is 15.1. The Morgan fingerprint density at radius 2 is 2.35 bits per heavy atom. The highest BCUT2D eigenvalue weighted by molar-refractivity contribution is 9.10. The molecule has 0 bridgehead atoms. The van der Waals surface area contributed by atoms with Crippen molar-refractivity contribution in [1.82, 2.24) is 10.3 Å². The molecule has 0 radical (unpaired) electrons. The first-order chi connectivity index (χ1) is 7.51. The van der Waals surface area contributed by atoms with Gasteiger partial charge in [-0.25, -0.2) is 9.37 Å². The fraction of sp³-hybridized carbons (Fsp3) is 0.400. The summed E-state index contributed by atoms with van der Waals surface area (Å²) in [7, 11) is 0. The number of hydrogen-bond acceptors (Lipinski definition) is 3. The molecule has 0 spiro atoms. The molecule has 2 rings (SSSR count). The van der Waals surface area contributed by atoms with Crippen molar-refractivity contribution >= 4 is 34.2 Å². The van der Waals surface area contributed by atoms with Crippen molar-refractivity contribution in [3.63, 3.8) is 0 Å². The number of rotatable bonds is 2. The Kier molecular flexibility index (Phi) is 4.46. The number of carbonyl (C=O) groups excluding carboxylic acids is 1. The first-order valence-corrected chi connectivity index (χ1v) is 5.65. The molecule has 0 aromatic carbocycles. The van der Waals surface area contributed by atoms with Crippen LogP contribution in [-0.4, -0.2) is 23.5 Å². The van der Waals surface area contributed by atoms with Crippen LogP contribution in [0.4, 0.5) is 4.39 Å². The summed E-state index contributed by atoms with van der Waals surface area (Å²) in [6.45, 7) is 0.0596. The Morgan fingerprint density at radius 3 is 2.88 bits per heavy atom. The number of pyridine rings is 1. The first-order valence-electron chi connectivity index (χ1n) is 4.86. The van der Waals surface area contributed by atoms with E-state index in [0.717, 1.165) is 0 Å². The van der Waals surface area contributed by atoms with Crippen molar-refractivity contribution < 1.29 is 9.18 Å². The van der Waals surface area contributed by atoms with Crippen LogP contribution in [0, 0.1) is 0 Å². The zero-order valence-corrected chi connectivity index (χ0v) is 11.2. The second-order valence-corrected chi connectivity index (χ2v) is 4.66. The molecule has 2 atom stereocenters. The van der Waals surface area contributed by atoms with Gasteiger partial charge in [-0.05, 0) is 28.1 Å². The van der Waals surface area contributed by atoms with Crippen molar-refractivity contribution in [2.45, 2.75) is 18.1 Å². The predicted octanol–water partition coefficient (Wildman–Crippen LogP) is 1.28. The topological polar surface area (TPSA) is 68.0 Å². The average Bonchev–Trinajstić information content (AvgIpc) is 2.63. The van der Waals surface area contributed by atoms with Crippen molar-refractivity contribution in [3.05, 3.63) is 28.5 Å². The molecule has 2 heterocycles. The van der Waals surface area contributed by atoms with Crippen molar-refractivity contribution in [2.75, 3.05) is 6.54 Å². The molecule has 4 nitrogen and oxygen atoms in total. The summed E-state index contributed by atoms with van der Waals surface area (Å²) in [6, 6.07) is 4.42. The normalized spacial score (nSPS) is 27.5. The fourth-order valence-electron chi connectivity index (χ4n) is 1.81. The zero-order valence-electron chi connectivity index (χ0n) is 8.82. The lowest BCUT2D eigenvalue weighted by Crippen LogP contribution is -2.36. The van der Waals surface area contributed by atoms with E-state index in [0.29, 0.717) is 10.3 Å². The van der Waals surface area contributed by atoms with E-state index in [-0.39, 0.29) is 25.4 Å². The number of nitrogens with one attached hydrogen (secondary N) is 1. The number of nitrogens with zero attached hydrogens (tertiary/aromatic N) is 1. The van der Waals surface area contributed by atoms with Gasteiger partial charge in [0, 0.05) is 13.0 Å². The highest BCUT2D eigenvalue weighted by atomic mass is 79.9. The maximum atomic E-state index is 14.5. The quantitative estimate of drug-likeness (QED) is 0.805. The minimum Gasteiger partial charge on any atom is -0.368 e. The van der Waals surface area contributed by atoms with E-state index in [1.807, 2.05) is 0 Å². The lowest BCUT2D eigenvalue weighted by atomic mass is 9.97. The van der Waals surface area contributed by atoms with Crippen LogP contribution in [0.25, 0.3) is 0 Å². The Hall–Kier alpha value is -0.720. The third kappa shape index (κ3) is 2.94. The molecule has 1 aliphatic heterocycles. The first kappa shape index (κ1) is 14.3. The molecule has 1 aromatic heterocycles. The molecular weight excluding hydrogens is 312 g/mol. The number of aromatic nitrogens is 1. The summed E-state index contributed by atoms with van der Waals surface area (Å²) >= 11 is 3.19. The van der Waals surface area contributed by atoms with Gasteiger partial charge in [-0.3, -0.25) is 4.79 Å². The molecule has 1 saturated heterocycles. The van der Waals surface area contributed by atoms with Crippen LogP contribution in [0.3, 0.4) is 0 Å². The molecule has 1 amide bonds. The molecule has 1 unspecified atom stereocenters. The number of amides is 1. The molecule has 1 aliphatic rings. The number of primary amides is 1. The smallest absolute Gasteiger partial charge is 0.234 e. The standard InChI is InChI=1S/C10H11BrFN3O.ClH/c11-8-3-1-2-7(15-8)10(12)4-6(9(13)16)14-5-10;/h1-3,6,14H,4-5H2,(H2,13,16);1H/t6-,10?;/m0./s1. The molecule has 1 aromatic rings. The van der Waals surface area contributed by atoms with Crippen LogP contribution in [0.5, 0.6) is 0 Å². The average molecular weight is 325 g/mol. The molecule has 0 saturated carbocycles. The number of halogens is 3. The Balaban J connectivity index is 0.00000144. The second-order valence-electron chi connectivity index (χ2n) is 3.85. The van der Waals surface area contributed by atoms with Gasteiger partial charge >= 0.3 is 0 Å². The second kappa shape index (κ2) is 5.29. The molecule has 1 fully saturated rings. The highest BCUT2D eigenvalue weighted by Gasteiger charge is 2.43. The minimum atomic E-state index is -1.62. The number of alkyl halides is 1. The van der Waals surface area contributed by atoms with Gasteiger partial charge in [0.05, 0.1) is 11.7 Å². The third-order valence-corrected chi connectivity index (χ3v) is 3.12. The summed E-state index contributed by atoms with van der Waals surface area (Å²) in [5.41, 5.74) is 3.83. The number of carbonyl (C=O) groups is 1. The maximum Gasteiger partial charge on any atom is 0.234 e. The molecule has 94 valence electrons. The van der Waals surface area contributed by atoms with E-state index in [4.69, 9.17) is 5.73 Å². The van der Waals surface area contributed by atoms with Gasteiger partial charge in [-0.15, -0.1) is 12.4 Å². The lowest BCUT2D eigenvalue weighted by molar-refractivity contribution is -0.119. The summed E-state index contributed by atoms with van der Waals surface area (Å²) in [6.07, 6.45) is 0.0335. The third-order valence-electron chi connectivity index (χ3n) is 2.67. The van der Waals surface area contributed by atoms with Gasteiger partial charge in [-0.2, -0.15) is 0 Å². The Labute approximate surface area is 113 Å². The van der Waals surface area contributed by atoms with Crippen LogP contribution >= 0.6 is 28.3 Å². The van der Waals surface area contributed by atoms with Crippen LogP contribution in [0.15, 0.2) is 22.8 Å². The van der Waals surface area contributed by atoms with Gasteiger partial charge in [0.1, 0.15) is 4.60 Å². The Bertz CT molecular complexity index is 434. The van der Waals surface area contributed by atoms with E-state index < -0.39 is 17.6 Å². The van der Waals surface area contributed by atoms with Crippen LogP contribution in [0.2, 0.25) is 0 Å². The molecule has 7 heteroatoms. The van der Waals surface area contributed by atoms with E-state index in [9.17, 15) is 9.18 Å². The monoisotopic (exact) mass is 323 g/mol. The molecular formula is C10H12BrClFN3O. The summed E-state index contributed by atoms with van der Waals surface area (Å²) in [4.78, 5) is 15.0. The summed E-state index contributed by atoms with van der Waals surface area (Å²) in [5.74, 6) is -0.533. The van der Waals surface area contributed by atoms with Crippen molar-refractivity contribution in [1.29, 1.82) is 0 Å². The van der Waals surface area contributed by atoms with Crippen molar-refractivity contribution in [2.24, 2.45) is 5.73 Å². The van der Waals surface area contributed by atoms with E-state index in [1.165, 1.54) is 0 Å². The SMILES string of the molecule is Cl.NC(=O)[C@@H]1CC(F)(c2cccc(Br)n2)CN1. The van der Waals surface area contributed by atoms with Crippen molar-refractivity contribution in [3.8, 4) is 0 Å². The van der Waals surface area contributed by atoms with Crippen LogP contribution < -0.4 is 11.1 Å². The predicted molar refractivity (Wildman–Crippen MR) is 67.6 cm³/mol. The molecule has 0 aliphatic carbocycles. The Morgan fingerprint density at radius 1 is 1.65 bits per heavy atom. The van der Waals surface area contributed by atoms with Crippen LogP contribution in [0.1, 0.15) is 12.1 Å². The number of nitrogens with two attached hydrogens (primary N) is 1. The molecule has 3 N–H and O–H groups in total. The maximum absolute atomic E-state index is 14.5. The van der Waals surface area contributed by atoms with Crippen LogP contribution in [-0.2, 0) is 10.5 Å². The largest absolute Gasteiger partial charge is 0.368 e. The van der Waals surface area contributed by atoms with E-state index >= 15 is 0 Å². The van der Waals surface area contributed by atoms with Gasteiger partial charge in [0.15, 0.2) is 5.67 Å². The summed E-state index contributed by atoms with van der Waals surface area (Å²) in [5, 5.41) is 2.76. The van der Waals surface area contributed by atoms with E-state index in [1.54, 1.807) is 18.2 Å². The van der Waals surface area contributed by atoms with Gasteiger partial charge in [0.2, 0.25) is 5.91 Å². The molecule has 17 heavy (non-hydrogen) atoms. The van der Waals surface area contributed by atoms with Gasteiger partial charge < -0.3 is 11.1 Å². The highest BCUT2D eigenvalue weighted by Crippen LogP contribution is 2.34. The lowest BCUT2D eigenvalue weighted by Gasteiger charge is -2.17. The zero-order chi connectivity index (χ0) is 11.8. The fourth-order valence-corrected chi connectivity index (χ4v) is 2.15.